The first-order valence-corrected chi connectivity index (χ1v) is 6.86. The lowest BCUT2D eigenvalue weighted by Crippen LogP contribution is -2.26. The third-order valence-corrected chi connectivity index (χ3v) is 3.20. The van der Waals surface area contributed by atoms with Crippen LogP contribution in [-0.2, 0) is 11.3 Å². The van der Waals surface area contributed by atoms with Crippen molar-refractivity contribution in [3.8, 4) is 0 Å². The Balaban J connectivity index is 2.12. The molecule has 0 aliphatic carbocycles. The average molecular weight is 290 g/mol. The first kappa shape index (κ1) is 15.0. The van der Waals surface area contributed by atoms with Gasteiger partial charge in [-0.3, -0.25) is 9.59 Å². The second-order valence-corrected chi connectivity index (χ2v) is 4.75. The van der Waals surface area contributed by atoms with Gasteiger partial charge in [0.25, 0.3) is 5.91 Å². The number of carboxylic acid groups (broad SMARTS) is 1. The second kappa shape index (κ2) is 6.34. The van der Waals surface area contributed by atoms with E-state index >= 15 is 0 Å². The summed E-state index contributed by atoms with van der Waals surface area (Å²) in [6, 6.07) is 1.77. The van der Waals surface area contributed by atoms with E-state index < -0.39 is 5.97 Å². The molecular weight excluding hydrogens is 272 g/mol. The minimum atomic E-state index is -0.865. The molecule has 2 N–H and O–H groups in total. The highest BCUT2D eigenvalue weighted by molar-refractivity contribution is 5.98. The van der Waals surface area contributed by atoms with Crippen LogP contribution in [0.5, 0.6) is 0 Å². The first-order valence-electron chi connectivity index (χ1n) is 6.86. The Morgan fingerprint density at radius 3 is 2.86 bits per heavy atom. The molecule has 0 bridgehead atoms. The zero-order valence-corrected chi connectivity index (χ0v) is 12.1. The lowest BCUT2D eigenvalue weighted by molar-refractivity contribution is -0.137. The summed E-state index contributed by atoms with van der Waals surface area (Å²) >= 11 is 0. The molecule has 0 spiro atoms. The van der Waals surface area contributed by atoms with Crippen LogP contribution in [-0.4, -0.2) is 38.3 Å². The molecule has 2 heterocycles. The monoisotopic (exact) mass is 290 g/mol. The van der Waals surface area contributed by atoms with Crippen LogP contribution in [0.15, 0.2) is 12.3 Å². The molecule has 0 unspecified atom stereocenters. The molecule has 0 aromatic carbocycles. The van der Waals surface area contributed by atoms with Gasteiger partial charge >= 0.3 is 5.97 Å². The van der Waals surface area contributed by atoms with Gasteiger partial charge in [0.2, 0.25) is 0 Å². The fourth-order valence-corrected chi connectivity index (χ4v) is 2.09. The van der Waals surface area contributed by atoms with Crippen molar-refractivity contribution < 1.29 is 14.7 Å². The van der Waals surface area contributed by atoms with E-state index in [1.807, 2.05) is 6.92 Å². The summed E-state index contributed by atoms with van der Waals surface area (Å²) < 4.78 is 1.77. The maximum atomic E-state index is 12.1. The minimum Gasteiger partial charge on any atom is -0.481 e. The summed E-state index contributed by atoms with van der Waals surface area (Å²) in [7, 11) is 0. The molecule has 0 saturated carbocycles. The summed E-state index contributed by atoms with van der Waals surface area (Å²) in [5.74, 6) is -1.10. The molecule has 21 heavy (non-hydrogen) atoms. The number of carboxylic acids is 1. The zero-order valence-electron chi connectivity index (χ0n) is 12.1. The Labute approximate surface area is 122 Å². The summed E-state index contributed by atoms with van der Waals surface area (Å²) in [6.45, 7) is 4.80. The predicted molar refractivity (Wildman–Crippen MR) is 77.1 cm³/mol. The molecule has 7 nitrogen and oxygen atoms in total. The van der Waals surface area contributed by atoms with Crippen LogP contribution >= 0.6 is 0 Å². The van der Waals surface area contributed by atoms with E-state index in [1.165, 1.54) is 0 Å². The van der Waals surface area contributed by atoms with Gasteiger partial charge in [0, 0.05) is 24.9 Å². The van der Waals surface area contributed by atoms with Crippen LogP contribution in [0.3, 0.4) is 0 Å². The van der Waals surface area contributed by atoms with E-state index in [-0.39, 0.29) is 12.3 Å². The normalized spacial score (nSPS) is 10.8. The molecule has 1 amide bonds. The van der Waals surface area contributed by atoms with Gasteiger partial charge in [-0.05, 0) is 26.3 Å². The number of carbonyl (C=O) groups is 2. The van der Waals surface area contributed by atoms with E-state index in [0.29, 0.717) is 24.2 Å². The third kappa shape index (κ3) is 3.36. The van der Waals surface area contributed by atoms with Gasteiger partial charge in [-0.25, -0.2) is 9.67 Å². The molecule has 2 aromatic heterocycles. The molecule has 2 rings (SSSR count). The summed E-state index contributed by atoms with van der Waals surface area (Å²) in [5.41, 5.74) is 1.89. The van der Waals surface area contributed by atoms with Crippen molar-refractivity contribution in [2.75, 3.05) is 6.54 Å². The van der Waals surface area contributed by atoms with Crippen molar-refractivity contribution in [1.82, 2.24) is 20.1 Å². The number of carbonyl (C=O) groups excluding carboxylic acids is 1. The summed E-state index contributed by atoms with van der Waals surface area (Å²) in [4.78, 5) is 26.9. The van der Waals surface area contributed by atoms with E-state index in [4.69, 9.17) is 5.11 Å². The molecule has 2 aromatic rings. The van der Waals surface area contributed by atoms with Gasteiger partial charge < -0.3 is 10.4 Å². The van der Waals surface area contributed by atoms with Crippen LogP contribution < -0.4 is 5.32 Å². The highest BCUT2D eigenvalue weighted by atomic mass is 16.4. The highest BCUT2D eigenvalue weighted by Crippen LogP contribution is 2.16. The number of hydrogen-bond acceptors (Lipinski definition) is 4. The molecule has 112 valence electrons. The lowest BCUT2D eigenvalue weighted by Gasteiger charge is -2.07. The Kier molecular flexibility index (Phi) is 4.52. The lowest BCUT2D eigenvalue weighted by atomic mass is 10.1. The molecule has 0 fully saturated rings. The number of pyridine rings is 1. The molecule has 0 saturated heterocycles. The summed E-state index contributed by atoms with van der Waals surface area (Å²) in [6.07, 6.45) is 2.13. The third-order valence-electron chi connectivity index (χ3n) is 3.20. The topological polar surface area (TPSA) is 97.1 Å². The van der Waals surface area contributed by atoms with E-state index in [9.17, 15) is 9.59 Å². The van der Waals surface area contributed by atoms with Crippen LogP contribution in [0.2, 0.25) is 0 Å². The number of nitrogens with zero attached hydrogens (tertiary/aromatic N) is 3. The SMILES string of the molecule is CCn1ncc2cc(C(=O)NCCCC(=O)O)c(C)nc21. The summed E-state index contributed by atoms with van der Waals surface area (Å²) in [5, 5.41) is 16.3. The van der Waals surface area contributed by atoms with Crippen molar-refractivity contribution in [3.63, 3.8) is 0 Å². The molecule has 0 atom stereocenters. The van der Waals surface area contributed by atoms with E-state index in [1.54, 1.807) is 23.9 Å². The predicted octanol–water partition coefficient (Wildman–Crippen LogP) is 1.35. The number of aromatic nitrogens is 3. The van der Waals surface area contributed by atoms with Gasteiger partial charge in [0.15, 0.2) is 5.65 Å². The van der Waals surface area contributed by atoms with Gasteiger partial charge in [0.1, 0.15) is 0 Å². The Hall–Kier alpha value is -2.44. The Morgan fingerprint density at radius 1 is 1.43 bits per heavy atom. The molecular formula is C14H18N4O3. The second-order valence-electron chi connectivity index (χ2n) is 4.75. The van der Waals surface area contributed by atoms with Gasteiger partial charge in [-0.2, -0.15) is 5.10 Å². The highest BCUT2D eigenvalue weighted by Gasteiger charge is 2.13. The fraction of sp³-hybridized carbons (Fsp3) is 0.429. The van der Waals surface area contributed by atoms with Crippen LogP contribution in [0.25, 0.3) is 11.0 Å². The van der Waals surface area contributed by atoms with Gasteiger partial charge in [-0.1, -0.05) is 0 Å². The van der Waals surface area contributed by atoms with Crippen molar-refractivity contribution in [2.45, 2.75) is 33.2 Å². The van der Waals surface area contributed by atoms with E-state index in [2.05, 4.69) is 15.4 Å². The van der Waals surface area contributed by atoms with Crippen molar-refractivity contribution in [3.05, 3.63) is 23.5 Å². The van der Waals surface area contributed by atoms with Crippen LogP contribution in [0, 0.1) is 6.92 Å². The minimum absolute atomic E-state index is 0.0415. The molecule has 7 heteroatoms. The zero-order chi connectivity index (χ0) is 15.4. The fourth-order valence-electron chi connectivity index (χ4n) is 2.09. The van der Waals surface area contributed by atoms with Crippen molar-refractivity contribution in [1.29, 1.82) is 0 Å². The Bertz CT molecular complexity index is 678. The molecule has 0 aliphatic heterocycles. The maximum Gasteiger partial charge on any atom is 0.303 e. The number of rotatable bonds is 6. The Morgan fingerprint density at radius 2 is 2.19 bits per heavy atom. The number of fused-ring (bicyclic) bond motifs is 1. The van der Waals surface area contributed by atoms with E-state index in [0.717, 1.165) is 17.6 Å². The van der Waals surface area contributed by atoms with Crippen LogP contribution in [0.4, 0.5) is 0 Å². The van der Waals surface area contributed by atoms with Crippen LogP contribution in [0.1, 0.15) is 35.8 Å². The van der Waals surface area contributed by atoms with Gasteiger partial charge in [0.05, 0.1) is 17.5 Å². The largest absolute Gasteiger partial charge is 0.481 e. The number of hydrogen-bond donors (Lipinski definition) is 2. The quantitative estimate of drug-likeness (QED) is 0.783. The standard InChI is InChI=1S/C14H18N4O3/c1-3-18-13-10(8-16-18)7-11(9(2)17-13)14(21)15-6-4-5-12(19)20/h7-8H,3-6H2,1-2H3,(H,15,21)(H,19,20). The number of aryl methyl sites for hydroxylation is 2. The molecule has 0 aliphatic rings. The maximum absolute atomic E-state index is 12.1. The molecule has 0 radical (unpaired) electrons. The average Bonchev–Trinajstić information content (AvgIpc) is 2.84. The number of nitrogens with one attached hydrogen (secondary N) is 1. The smallest absolute Gasteiger partial charge is 0.303 e. The van der Waals surface area contributed by atoms with Crippen molar-refractivity contribution >= 4 is 22.9 Å². The number of amides is 1. The van der Waals surface area contributed by atoms with Gasteiger partial charge in [-0.15, -0.1) is 0 Å². The first-order chi connectivity index (χ1) is 10.0. The number of aliphatic carboxylic acids is 1. The van der Waals surface area contributed by atoms with Crippen molar-refractivity contribution in [2.24, 2.45) is 0 Å².